The van der Waals surface area contributed by atoms with Gasteiger partial charge in [0.05, 0.1) is 17.5 Å². The SMILES string of the molecule is Cc1cc(C)c(C)c(S(=O)(=O)NCCC(=O)N2CCC(N3C(=O)CNC3=O)C2)c1C. The summed E-state index contributed by atoms with van der Waals surface area (Å²) in [6.45, 7) is 7.99. The lowest BCUT2D eigenvalue weighted by atomic mass is 10.0. The molecule has 0 aromatic heterocycles. The number of likely N-dealkylation sites (tertiary alicyclic amines) is 1. The van der Waals surface area contributed by atoms with Gasteiger partial charge >= 0.3 is 6.03 Å². The highest BCUT2D eigenvalue weighted by molar-refractivity contribution is 7.89. The molecule has 2 aliphatic heterocycles. The van der Waals surface area contributed by atoms with E-state index < -0.39 is 16.1 Å². The number of hydrogen-bond acceptors (Lipinski definition) is 5. The highest BCUT2D eigenvalue weighted by Gasteiger charge is 2.39. The van der Waals surface area contributed by atoms with Crippen LogP contribution in [0.3, 0.4) is 0 Å². The molecule has 9 nitrogen and oxygen atoms in total. The highest BCUT2D eigenvalue weighted by Crippen LogP contribution is 2.26. The molecule has 164 valence electrons. The molecule has 0 spiro atoms. The molecule has 0 bridgehead atoms. The first-order chi connectivity index (χ1) is 14.0. The van der Waals surface area contributed by atoms with E-state index in [2.05, 4.69) is 10.0 Å². The first-order valence-corrected chi connectivity index (χ1v) is 11.5. The van der Waals surface area contributed by atoms with E-state index >= 15 is 0 Å². The molecular weight excluding hydrogens is 408 g/mol. The van der Waals surface area contributed by atoms with E-state index in [9.17, 15) is 22.8 Å². The molecule has 10 heteroatoms. The Bertz CT molecular complexity index is 963. The molecule has 2 aliphatic rings. The van der Waals surface area contributed by atoms with Crippen molar-refractivity contribution in [2.24, 2.45) is 0 Å². The number of urea groups is 1. The molecule has 4 amide bonds. The molecule has 2 fully saturated rings. The van der Waals surface area contributed by atoms with Crippen molar-refractivity contribution >= 4 is 27.9 Å². The Hall–Kier alpha value is -2.46. The minimum Gasteiger partial charge on any atom is -0.340 e. The fraction of sp³-hybridized carbons (Fsp3) is 0.550. The number of nitrogens with one attached hydrogen (secondary N) is 2. The van der Waals surface area contributed by atoms with Crippen molar-refractivity contribution in [1.82, 2.24) is 19.8 Å². The number of nitrogens with zero attached hydrogens (tertiary/aromatic N) is 2. The highest BCUT2D eigenvalue weighted by atomic mass is 32.2. The third-order valence-corrected chi connectivity index (χ3v) is 7.69. The number of imide groups is 1. The number of hydrogen-bond donors (Lipinski definition) is 2. The fourth-order valence-corrected chi connectivity index (χ4v) is 5.73. The molecule has 1 aromatic carbocycles. The lowest BCUT2D eigenvalue weighted by Gasteiger charge is -2.21. The van der Waals surface area contributed by atoms with Gasteiger partial charge in [-0.3, -0.25) is 14.5 Å². The smallest absolute Gasteiger partial charge is 0.324 e. The number of aryl methyl sites for hydroxylation is 2. The van der Waals surface area contributed by atoms with E-state index in [1.165, 1.54) is 4.90 Å². The van der Waals surface area contributed by atoms with Gasteiger partial charge in [-0.25, -0.2) is 17.9 Å². The molecule has 1 atom stereocenters. The van der Waals surface area contributed by atoms with Crippen LogP contribution in [0.1, 0.15) is 35.1 Å². The predicted molar refractivity (Wildman–Crippen MR) is 110 cm³/mol. The summed E-state index contributed by atoms with van der Waals surface area (Å²) >= 11 is 0. The van der Waals surface area contributed by atoms with Crippen LogP contribution in [0.15, 0.2) is 11.0 Å². The van der Waals surface area contributed by atoms with Gasteiger partial charge in [-0.2, -0.15) is 0 Å². The van der Waals surface area contributed by atoms with Crippen LogP contribution in [0.2, 0.25) is 0 Å². The molecule has 0 aliphatic carbocycles. The van der Waals surface area contributed by atoms with Gasteiger partial charge in [-0.15, -0.1) is 0 Å². The summed E-state index contributed by atoms with van der Waals surface area (Å²) in [5.74, 6) is -0.493. The van der Waals surface area contributed by atoms with E-state index in [0.29, 0.717) is 24.1 Å². The van der Waals surface area contributed by atoms with Gasteiger partial charge in [0, 0.05) is 26.1 Å². The Balaban J connectivity index is 1.59. The number of rotatable bonds is 6. The lowest BCUT2D eigenvalue weighted by Crippen LogP contribution is -2.43. The van der Waals surface area contributed by atoms with E-state index in [1.807, 2.05) is 19.9 Å². The summed E-state index contributed by atoms with van der Waals surface area (Å²) in [7, 11) is -3.75. The molecule has 30 heavy (non-hydrogen) atoms. The van der Waals surface area contributed by atoms with Crippen LogP contribution in [0, 0.1) is 27.7 Å². The topological polar surface area (TPSA) is 116 Å². The van der Waals surface area contributed by atoms with Crippen LogP contribution in [-0.4, -0.2) is 68.3 Å². The van der Waals surface area contributed by atoms with Gasteiger partial charge in [-0.1, -0.05) is 6.07 Å². The number of carbonyl (C=O) groups excluding carboxylic acids is 3. The number of sulfonamides is 1. The molecule has 2 heterocycles. The Kier molecular flexibility index (Phi) is 6.19. The van der Waals surface area contributed by atoms with Crippen LogP contribution in [0.4, 0.5) is 4.79 Å². The minimum atomic E-state index is -3.75. The third-order valence-electron chi connectivity index (χ3n) is 5.96. The van der Waals surface area contributed by atoms with Crippen molar-refractivity contribution in [2.75, 3.05) is 26.2 Å². The van der Waals surface area contributed by atoms with Gasteiger partial charge in [-0.05, 0) is 56.4 Å². The number of amides is 4. The molecule has 2 saturated heterocycles. The maximum Gasteiger partial charge on any atom is 0.324 e. The average Bonchev–Trinajstić information content (AvgIpc) is 3.26. The van der Waals surface area contributed by atoms with Crippen molar-refractivity contribution < 1.29 is 22.8 Å². The van der Waals surface area contributed by atoms with E-state index in [-0.39, 0.29) is 48.8 Å². The second-order valence-corrected chi connectivity index (χ2v) is 9.65. The lowest BCUT2D eigenvalue weighted by molar-refractivity contribution is -0.131. The summed E-state index contributed by atoms with van der Waals surface area (Å²) in [5, 5.41) is 2.48. The van der Waals surface area contributed by atoms with Gasteiger partial charge in [0.15, 0.2) is 0 Å². The zero-order chi connectivity index (χ0) is 22.2. The molecule has 2 N–H and O–H groups in total. The summed E-state index contributed by atoms with van der Waals surface area (Å²) < 4.78 is 28.3. The Morgan fingerprint density at radius 1 is 1.17 bits per heavy atom. The predicted octanol–water partition coefficient (Wildman–Crippen LogP) is 0.741. The van der Waals surface area contributed by atoms with Crippen LogP contribution in [0.5, 0.6) is 0 Å². The zero-order valence-corrected chi connectivity index (χ0v) is 18.6. The maximum atomic E-state index is 12.9. The summed E-state index contributed by atoms with van der Waals surface area (Å²) in [6.07, 6.45) is 0.534. The monoisotopic (exact) mass is 436 g/mol. The molecule has 1 unspecified atom stereocenters. The van der Waals surface area contributed by atoms with Crippen molar-refractivity contribution in [3.8, 4) is 0 Å². The van der Waals surface area contributed by atoms with Crippen molar-refractivity contribution in [3.63, 3.8) is 0 Å². The molecule has 0 saturated carbocycles. The molecule has 0 radical (unpaired) electrons. The molecular formula is C20H28N4O5S. The quantitative estimate of drug-likeness (QED) is 0.638. The van der Waals surface area contributed by atoms with Gasteiger partial charge in [0.25, 0.3) is 0 Å². The van der Waals surface area contributed by atoms with E-state index in [1.54, 1.807) is 18.7 Å². The first-order valence-electron chi connectivity index (χ1n) is 9.97. The van der Waals surface area contributed by atoms with E-state index in [4.69, 9.17) is 0 Å². The third kappa shape index (κ3) is 4.20. The van der Waals surface area contributed by atoms with Gasteiger partial charge < -0.3 is 10.2 Å². The number of carbonyl (C=O) groups is 3. The average molecular weight is 437 g/mol. The van der Waals surface area contributed by atoms with Crippen LogP contribution >= 0.6 is 0 Å². The Morgan fingerprint density at radius 2 is 1.80 bits per heavy atom. The standard InChI is InChI=1S/C20H28N4O5S/c1-12-9-13(2)15(4)19(14(12)3)30(28,29)22-7-5-17(25)23-8-6-16(11-23)24-18(26)10-21-20(24)27/h9,16,22H,5-8,10-11H2,1-4H3,(H,21,27). The molecule has 3 rings (SSSR count). The van der Waals surface area contributed by atoms with Gasteiger partial charge in [0.2, 0.25) is 21.8 Å². The van der Waals surface area contributed by atoms with Crippen LogP contribution in [-0.2, 0) is 19.6 Å². The normalized spacial score (nSPS) is 19.5. The number of benzene rings is 1. The van der Waals surface area contributed by atoms with Crippen molar-refractivity contribution in [3.05, 3.63) is 28.3 Å². The first kappa shape index (κ1) is 22.2. The summed E-state index contributed by atoms with van der Waals surface area (Å²) in [4.78, 5) is 39.2. The Labute approximate surface area is 176 Å². The molecule has 1 aromatic rings. The summed E-state index contributed by atoms with van der Waals surface area (Å²) in [5.41, 5.74) is 3.21. The van der Waals surface area contributed by atoms with Crippen molar-refractivity contribution in [2.45, 2.75) is 51.5 Å². The largest absolute Gasteiger partial charge is 0.340 e. The van der Waals surface area contributed by atoms with Gasteiger partial charge in [0.1, 0.15) is 0 Å². The second kappa shape index (κ2) is 8.35. The second-order valence-electron chi connectivity index (χ2n) is 7.94. The maximum absolute atomic E-state index is 12.9. The summed E-state index contributed by atoms with van der Waals surface area (Å²) in [6, 6.07) is 1.20. The fourth-order valence-electron chi connectivity index (χ4n) is 4.09. The van der Waals surface area contributed by atoms with E-state index in [0.717, 1.165) is 11.1 Å². The Morgan fingerprint density at radius 3 is 2.37 bits per heavy atom. The van der Waals surface area contributed by atoms with Crippen LogP contribution in [0.25, 0.3) is 0 Å². The van der Waals surface area contributed by atoms with Crippen molar-refractivity contribution in [1.29, 1.82) is 0 Å². The van der Waals surface area contributed by atoms with Crippen LogP contribution < -0.4 is 10.0 Å². The zero-order valence-electron chi connectivity index (χ0n) is 17.7. The minimum absolute atomic E-state index is 0.00891.